The van der Waals surface area contributed by atoms with Crippen molar-refractivity contribution in [1.29, 1.82) is 0 Å². The number of nitrogens with one attached hydrogen (secondary N) is 1. The fourth-order valence-corrected chi connectivity index (χ4v) is 5.23. The Balaban J connectivity index is 1.13. The van der Waals surface area contributed by atoms with Crippen molar-refractivity contribution in [2.24, 2.45) is 5.10 Å². The van der Waals surface area contributed by atoms with Crippen LogP contribution in [0.25, 0.3) is 10.8 Å². The molecular weight excluding hydrogens is 502 g/mol. The number of hydrazone groups is 1. The Bertz CT molecular complexity index is 1450. The van der Waals surface area contributed by atoms with E-state index < -0.39 is 0 Å². The van der Waals surface area contributed by atoms with Gasteiger partial charge in [0.1, 0.15) is 5.75 Å². The van der Waals surface area contributed by atoms with E-state index in [1.165, 1.54) is 12.8 Å². The highest BCUT2D eigenvalue weighted by Gasteiger charge is 2.20. The van der Waals surface area contributed by atoms with Gasteiger partial charge >= 0.3 is 5.97 Å². The molecule has 0 saturated carbocycles. The molecule has 204 valence electrons. The van der Waals surface area contributed by atoms with E-state index >= 15 is 0 Å². The van der Waals surface area contributed by atoms with Crippen molar-refractivity contribution in [3.8, 4) is 5.75 Å². The van der Waals surface area contributed by atoms with Gasteiger partial charge < -0.3 is 14.5 Å². The lowest BCUT2D eigenvalue weighted by molar-refractivity contribution is 0.0737. The van der Waals surface area contributed by atoms with Crippen molar-refractivity contribution in [3.05, 3.63) is 77.9 Å². The highest BCUT2D eigenvalue weighted by Crippen LogP contribution is 2.23. The second-order valence-electron chi connectivity index (χ2n) is 10.2. The highest BCUT2D eigenvalue weighted by molar-refractivity contribution is 6.05. The van der Waals surface area contributed by atoms with Crippen LogP contribution in [0.15, 0.2) is 71.8 Å². The summed E-state index contributed by atoms with van der Waals surface area (Å²) in [6.07, 6.45) is 8.80. The summed E-state index contributed by atoms with van der Waals surface area (Å²) < 4.78 is 5.64. The number of anilines is 3. The monoisotopic (exact) mass is 535 g/mol. The molecule has 2 aliphatic rings. The number of esters is 1. The molecule has 40 heavy (non-hydrogen) atoms. The third kappa shape index (κ3) is 6.03. The van der Waals surface area contributed by atoms with E-state index in [0.717, 1.165) is 68.2 Å². The maximum absolute atomic E-state index is 12.8. The zero-order chi connectivity index (χ0) is 27.1. The summed E-state index contributed by atoms with van der Waals surface area (Å²) in [7, 11) is 0. The fourth-order valence-electron chi connectivity index (χ4n) is 5.23. The Hall–Kier alpha value is -4.53. The molecule has 1 aromatic heterocycles. The molecule has 2 saturated heterocycles. The standard InChI is InChI=1S/C31H33N7O2/c39-28(27-13-9-11-24-10-3-4-12-26(24)27)40-25-16-14-23(15-17-25)22-32-36-29-33-30(37-18-5-1-6-19-37)35-31(34-29)38-20-7-2-8-21-38/h3-4,9-17,22H,1-2,5-8,18-21H2,(H,33,34,35,36). The van der Waals surface area contributed by atoms with Gasteiger partial charge in [0.05, 0.1) is 11.8 Å². The maximum atomic E-state index is 12.8. The first-order valence-corrected chi connectivity index (χ1v) is 14.1. The molecule has 2 aliphatic heterocycles. The van der Waals surface area contributed by atoms with E-state index in [1.807, 2.05) is 48.5 Å². The summed E-state index contributed by atoms with van der Waals surface area (Å²) in [5, 5.41) is 6.25. The largest absolute Gasteiger partial charge is 0.423 e. The summed E-state index contributed by atoms with van der Waals surface area (Å²) >= 11 is 0. The third-order valence-corrected chi connectivity index (χ3v) is 7.37. The molecule has 0 bridgehead atoms. The number of ether oxygens (including phenoxy) is 1. The number of benzene rings is 3. The third-order valence-electron chi connectivity index (χ3n) is 7.37. The lowest BCUT2D eigenvalue weighted by Gasteiger charge is -2.30. The molecule has 9 nitrogen and oxygen atoms in total. The molecule has 3 heterocycles. The SMILES string of the molecule is O=C(Oc1ccc(C=NNc2nc(N3CCCCC3)nc(N3CCCCC3)n2)cc1)c1cccc2ccccc12. The molecular formula is C31H33N7O2. The number of piperidine rings is 2. The molecule has 4 aromatic rings. The predicted molar refractivity (Wildman–Crippen MR) is 159 cm³/mol. The lowest BCUT2D eigenvalue weighted by atomic mass is 10.0. The lowest BCUT2D eigenvalue weighted by Crippen LogP contribution is -2.34. The molecule has 1 N–H and O–H groups in total. The van der Waals surface area contributed by atoms with E-state index in [2.05, 4.69) is 30.3 Å². The molecule has 0 atom stereocenters. The normalized spacial score (nSPS) is 15.9. The minimum Gasteiger partial charge on any atom is -0.423 e. The zero-order valence-corrected chi connectivity index (χ0v) is 22.5. The van der Waals surface area contributed by atoms with Crippen LogP contribution in [0, 0.1) is 0 Å². The first-order chi connectivity index (χ1) is 19.7. The Morgan fingerprint density at radius 2 is 1.38 bits per heavy atom. The quantitative estimate of drug-likeness (QED) is 0.140. The van der Waals surface area contributed by atoms with Gasteiger partial charge in [0, 0.05) is 26.2 Å². The fraction of sp³-hybridized carbons (Fsp3) is 0.323. The van der Waals surface area contributed by atoms with Crippen LogP contribution in [0.5, 0.6) is 5.75 Å². The number of fused-ring (bicyclic) bond motifs is 1. The average Bonchev–Trinajstić information content (AvgIpc) is 3.02. The van der Waals surface area contributed by atoms with Crippen molar-refractivity contribution in [3.63, 3.8) is 0 Å². The number of rotatable bonds is 7. The summed E-state index contributed by atoms with van der Waals surface area (Å²) in [4.78, 5) is 31.5. The van der Waals surface area contributed by atoms with Gasteiger partial charge in [0.25, 0.3) is 0 Å². The van der Waals surface area contributed by atoms with Gasteiger partial charge in [-0.05, 0) is 85.2 Å². The van der Waals surface area contributed by atoms with Gasteiger partial charge in [-0.1, -0.05) is 36.4 Å². The van der Waals surface area contributed by atoms with Crippen molar-refractivity contribution in [2.45, 2.75) is 38.5 Å². The topological polar surface area (TPSA) is 95.8 Å². The number of nitrogens with zero attached hydrogens (tertiary/aromatic N) is 6. The van der Waals surface area contributed by atoms with Crippen LogP contribution in [0.2, 0.25) is 0 Å². The number of hydrogen-bond acceptors (Lipinski definition) is 9. The van der Waals surface area contributed by atoms with Gasteiger partial charge in [0.15, 0.2) is 0 Å². The van der Waals surface area contributed by atoms with Crippen molar-refractivity contribution in [1.82, 2.24) is 15.0 Å². The van der Waals surface area contributed by atoms with Crippen LogP contribution in [-0.2, 0) is 0 Å². The molecule has 0 unspecified atom stereocenters. The number of carbonyl (C=O) groups excluding carboxylic acids is 1. The minimum atomic E-state index is -0.385. The second-order valence-corrected chi connectivity index (χ2v) is 10.2. The Morgan fingerprint density at radius 1 is 0.750 bits per heavy atom. The zero-order valence-electron chi connectivity index (χ0n) is 22.5. The molecule has 3 aromatic carbocycles. The van der Waals surface area contributed by atoms with Crippen LogP contribution in [0.4, 0.5) is 17.8 Å². The summed E-state index contributed by atoms with van der Waals surface area (Å²) in [5.41, 5.74) is 4.39. The van der Waals surface area contributed by atoms with E-state index in [9.17, 15) is 4.79 Å². The van der Waals surface area contributed by atoms with Gasteiger partial charge in [0.2, 0.25) is 17.8 Å². The van der Waals surface area contributed by atoms with E-state index in [-0.39, 0.29) is 5.97 Å². The summed E-state index contributed by atoms with van der Waals surface area (Å²) in [6.45, 7) is 3.85. The van der Waals surface area contributed by atoms with Crippen LogP contribution in [0.3, 0.4) is 0 Å². The van der Waals surface area contributed by atoms with Gasteiger partial charge in [-0.2, -0.15) is 20.1 Å². The minimum absolute atomic E-state index is 0.385. The number of carbonyl (C=O) groups is 1. The number of aromatic nitrogens is 3. The van der Waals surface area contributed by atoms with Crippen LogP contribution < -0.4 is 20.0 Å². The Morgan fingerprint density at radius 3 is 2.05 bits per heavy atom. The van der Waals surface area contributed by atoms with Crippen LogP contribution in [-0.4, -0.2) is 53.3 Å². The molecule has 6 rings (SSSR count). The number of hydrogen-bond donors (Lipinski definition) is 1. The second kappa shape index (κ2) is 12.1. The van der Waals surface area contributed by atoms with Crippen LogP contribution in [0.1, 0.15) is 54.4 Å². The Labute approximate surface area is 233 Å². The molecule has 0 amide bonds. The smallest absolute Gasteiger partial charge is 0.344 e. The van der Waals surface area contributed by atoms with Crippen molar-refractivity contribution < 1.29 is 9.53 Å². The molecule has 2 fully saturated rings. The van der Waals surface area contributed by atoms with Gasteiger partial charge in [-0.25, -0.2) is 10.2 Å². The highest BCUT2D eigenvalue weighted by atomic mass is 16.5. The van der Waals surface area contributed by atoms with E-state index in [4.69, 9.17) is 9.72 Å². The van der Waals surface area contributed by atoms with E-state index in [1.54, 1.807) is 24.4 Å². The molecule has 9 heteroatoms. The van der Waals surface area contributed by atoms with E-state index in [0.29, 0.717) is 29.2 Å². The first-order valence-electron chi connectivity index (χ1n) is 14.1. The summed E-state index contributed by atoms with van der Waals surface area (Å²) in [5.74, 6) is 1.95. The van der Waals surface area contributed by atoms with Gasteiger partial charge in [-0.3, -0.25) is 0 Å². The maximum Gasteiger partial charge on any atom is 0.344 e. The van der Waals surface area contributed by atoms with Crippen LogP contribution >= 0.6 is 0 Å². The first kappa shape index (κ1) is 25.7. The van der Waals surface area contributed by atoms with Crippen molar-refractivity contribution >= 4 is 40.8 Å². The Kier molecular flexibility index (Phi) is 7.79. The average molecular weight is 536 g/mol. The molecule has 0 spiro atoms. The van der Waals surface area contributed by atoms with Gasteiger partial charge in [-0.15, -0.1) is 0 Å². The molecule has 0 aliphatic carbocycles. The summed E-state index contributed by atoms with van der Waals surface area (Å²) in [6, 6.07) is 20.6. The predicted octanol–water partition coefficient (Wildman–Crippen LogP) is 5.67. The molecule has 0 radical (unpaired) electrons. The van der Waals surface area contributed by atoms with Crippen molar-refractivity contribution in [2.75, 3.05) is 41.4 Å².